The summed E-state index contributed by atoms with van der Waals surface area (Å²) >= 11 is 8.36. The molecule has 198 valence electrons. The second-order valence-electron chi connectivity index (χ2n) is 9.90. The number of aryl methyl sites for hydroxylation is 3. The SMILES string of the molecule is Cc1cc(SCCc2c(C)n(C(c3ccccc3)c3ccccc3)c3ccc(Cl)cc23)ccc1CCC(=O)O. The van der Waals surface area contributed by atoms with E-state index in [1.54, 1.807) is 0 Å². The number of hydrogen-bond acceptors (Lipinski definition) is 2. The van der Waals surface area contributed by atoms with Gasteiger partial charge in [0.15, 0.2) is 0 Å². The van der Waals surface area contributed by atoms with Crippen LogP contribution in [-0.2, 0) is 17.6 Å². The van der Waals surface area contributed by atoms with E-state index in [0.29, 0.717) is 6.42 Å². The summed E-state index contributed by atoms with van der Waals surface area (Å²) in [6, 6.07) is 34.0. The molecule has 0 fully saturated rings. The van der Waals surface area contributed by atoms with Gasteiger partial charge in [-0.2, -0.15) is 0 Å². The molecule has 5 rings (SSSR count). The Hall–Kier alpha value is -3.47. The molecule has 1 heterocycles. The molecule has 0 bridgehead atoms. The van der Waals surface area contributed by atoms with Gasteiger partial charge in [-0.25, -0.2) is 0 Å². The minimum absolute atomic E-state index is 0.0541. The van der Waals surface area contributed by atoms with Gasteiger partial charge in [0, 0.05) is 38.7 Å². The van der Waals surface area contributed by atoms with Crippen molar-refractivity contribution in [3.05, 3.63) is 136 Å². The molecule has 0 aliphatic carbocycles. The van der Waals surface area contributed by atoms with Gasteiger partial charge in [0.2, 0.25) is 0 Å². The Bertz CT molecular complexity index is 1560. The lowest BCUT2D eigenvalue weighted by Crippen LogP contribution is -2.14. The van der Waals surface area contributed by atoms with Gasteiger partial charge in [0.05, 0.1) is 6.04 Å². The Kier molecular flexibility index (Phi) is 8.44. The minimum Gasteiger partial charge on any atom is -0.481 e. The first-order chi connectivity index (χ1) is 18.9. The molecule has 0 aliphatic rings. The van der Waals surface area contributed by atoms with Crippen LogP contribution in [0.25, 0.3) is 10.9 Å². The van der Waals surface area contributed by atoms with Gasteiger partial charge in [-0.1, -0.05) is 78.3 Å². The highest BCUT2D eigenvalue weighted by Crippen LogP contribution is 2.37. The third-order valence-electron chi connectivity index (χ3n) is 7.37. The van der Waals surface area contributed by atoms with E-state index in [-0.39, 0.29) is 12.5 Å². The van der Waals surface area contributed by atoms with Crippen LogP contribution in [0.5, 0.6) is 0 Å². The van der Waals surface area contributed by atoms with Crippen LogP contribution in [0.4, 0.5) is 0 Å². The average molecular weight is 554 g/mol. The second-order valence-corrected chi connectivity index (χ2v) is 11.5. The van der Waals surface area contributed by atoms with E-state index in [0.717, 1.165) is 28.3 Å². The first-order valence-electron chi connectivity index (χ1n) is 13.3. The normalized spacial score (nSPS) is 11.4. The summed E-state index contributed by atoms with van der Waals surface area (Å²) in [6.45, 7) is 4.29. The molecule has 0 aliphatic heterocycles. The summed E-state index contributed by atoms with van der Waals surface area (Å²) in [7, 11) is 0. The molecule has 5 heteroatoms. The maximum absolute atomic E-state index is 11.0. The number of benzene rings is 4. The molecular formula is C34H32ClNO2S. The van der Waals surface area contributed by atoms with E-state index < -0.39 is 5.97 Å². The number of rotatable bonds is 10. The van der Waals surface area contributed by atoms with Crippen molar-refractivity contribution in [1.29, 1.82) is 0 Å². The van der Waals surface area contributed by atoms with E-state index in [1.807, 2.05) is 17.8 Å². The van der Waals surface area contributed by atoms with Crippen molar-refractivity contribution in [1.82, 2.24) is 4.57 Å². The van der Waals surface area contributed by atoms with Crippen LogP contribution in [0.15, 0.2) is 102 Å². The van der Waals surface area contributed by atoms with Crippen LogP contribution in [0.2, 0.25) is 5.02 Å². The number of aliphatic carboxylic acids is 1. The number of fused-ring (bicyclic) bond motifs is 1. The van der Waals surface area contributed by atoms with Crippen molar-refractivity contribution >= 4 is 40.2 Å². The maximum Gasteiger partial charge on any atom is 0.303 e. The monoisotopic (exact) mass is 553 g/mol. The quantitative estimate of drug-likeness (QED) is 0.176. The van der Waals surface area contributed by atoms with Crippen LogP contribution >= 0.6 is 23.4 Å². The first kappa shape index (κ1) is 27.1. The predicted octanol–water partition coefficient (Wildman–Crippen LogP) is 8.90. The van der Waals surface area contributed by atoms with Gasteiger partial charge in [-0.3, -0.25) is 4.79 Å². The Morgan fingerprint density at radius 3 is 2.15 bits per heavy atom. The lowest BCUT2D eigenvalue weighted by atomic mass is 9.98. The fourth-order valence-electron chi connectivity index (χ4n) is 5.44. The smallest absolute Gasteiger partial charge is 0.303 e. The molecule has 0 unspecified atom stereocenters. The van der Waals surface area contributed by atoms with Gasteiger partial charge in [-0.15, -0.1) is 11.8 Å². The molecule has 0 spiro atoms. The maximum atomic E-state index is 11.0. The molecule has 0 saturated carbocycles. The molecule has 39 heavy (non-hydrogen) atoms. The van der Waals surface area contributed by atoms with Gasteiger partial charge >= 0.3 is 5.97 Å². The van der Waals surface area contributed by atoms with E-state index >= 15 is 0 Å². The molecule has 0 saturated heterocycles. The van der Waals surface area contributed by atoms with Crippen LogP contribution in [0.3, 0.4) is 0 Å². The molecule has 4 aromatic carbocycles. The average Bonchev–Trinajstić information content (AvgIpc) is 3.20. The highest BCUT2D eigenvalue weighted by atomic mass is 35.5. The lowest BCUT2D eigenvalue weighted by Gasteiger charge is -2.23. The van der Waals surface area contributed by atoms with Gasteiger partial charge in [0.1, 0.15) is 0 Å². The highest BCUT2D eigenvalue weighted by molar-refractivity contribution is 7.99. The molecule has 3 nitrogen and oxygen atoms in total. The molecular weight excluding hydrogens is 522 g/mol. The van der Waals surface area contributed by atoms with E-state index in [1.165, 1.54) is 38.2 Å². The van der Waals surface area contributed by atoms with Crippen molar-refractivity contribution in [2.45, 2.75) is 44.0 Å². The van der Waals surface area contributed by atoms with Gasteiger partial charge in [-0.05, 0) is 84.8 Å². The van der Waals surface area contributed by atoms with E-state index in [9.17, 15) is 4.79 Å². The summed E-state index contributed by atoms with van der Waals surface area (Å²) in [4.78, 5) is 12.2. The zero-order chi connectivity index (χ0) is 27.4. The molecule has 1 aromatic heterocycles. The molecule has 0 radical (unpaired) electrons. The third kappa shape index (κ3) is 6.08. The van der Waals surface area contributed by atoms with Crippen LogP contribution in [-0.4, -0.2) is 21.4 Å². The predicted molar refractivity (Wildman–Crippen MR) is 163 cm³/mol. The third-order valence-corrected chi connectivity index (χ3v) is 8.60. The number of carboxylic acids is 1. The Balaban J connectivity index is 1.47. The summed E-state index contributed by atoms with van der Waals surface area (Å²) in [5.74, 6) is 0.172. The number of thioether (sulfide) groups is 1. The minimum atomic E-state index is -0.760. The standard InChI is InChI=1S/C34H32ClNO2S/c1-23-21-29(16-13-25(23)14-18-33(37)38)39-20-19-30-24(2)36(32-17-15-28(35)22-31(30)32)34(26-9-5-3-6-10-26)27-11-7-4-8-12-27/h3-13,15-17,21-22,34H,14,18-20H2,1-2H3,(H,37,38). The van der Waals surface area contributed by atoms with Crippen LogP contribution < -0.4 is 0 Å². The van der Waals surface area contributed by atoms with Crippen molar-refractivity contribution in [3.63, 3.8) is 0 Å². The number of carbonyl (C=O) groups is 1. The number of carboxylic acid groups (broad SMARTS) is 1. The number of halogens is 1. The molecule has 0 amide bonds. The highest BCUT2D eigenvalue weighted by Gasteiger charge is 2.23. The zero-order valence-corrected chi connectivity index (χ0v) is 23.8. The number of hydrogen-bond donors (Lipinski definition) is 1. The van der Waals surface area contributed by atoms with Gasteiger partial charge in [0.25, 0.3) is 0 Å². The van der Waals surface area contributed by atoms with Crippen molar-refractivity contribution in [3.8, 4) is 0 Å². The van der Waals surface area contributed by atoms with Crippen LogP contribution in [0, 0.1) is 13.8 Å². The van der Waals surface area contributed by atoms with Crippen molar-refractivity contribution in [2.75, 3.05) is 5.75 Å². The van der Waals surface area contributed by atoms with Gasteiger partial charge < -0.3 is 9.67 Å². The Labute approximate surface area is 239 Å². The molecule has 1 N–H and O–H groups in total. The fraction of sp³-hybridized carbons (Fsp3) is 0.206. The summed E-state index contributed by atoms with van der Waals surface area (Å²) in [5.41, 5.74) is 8.51. The van der Waals surface area contributed by atoms with Crippen molar-refractivity contribution < 1.29 is 9.90 Å². The molecule has 5 aromatic rings. The zero-order valence-electron chi connectivity index (χ0n) is 22.2. The lowest BCUT2D eigenvalue weighted by molar-refractivity contribution is -0.136. The summed E-state index contributed by atoms with van der Waals surface area (Å²) in [5, 5.41) is 11.0. The summed E-state index contributed by atoms with van der Waals surface area (Å²) < 4.78 is 2.47. The Morgan fingerprint density at radius 2 is 1.54 bits per heavy atom. The molecule has 0 atom stereocenters. The van der Waals surface area contributed by atoms with E-state index in [4.69, 9.17) is 16.7 Å². The summed E-state index contributed by atoms with van der Waals surface area (Å²) in [6.07, 6.45) is 1.64. The number of nitrogens with zero attached hydrogens (tertiary/aromatic N) is 1. The fourth-order valence-corrected chi connectivity index (χ4v) is 6.58. The van der Waals surface area contributed by atoms with Crippen molar-refractivity contribution in [2.24, 2.45) is 0 Å². The van der Waals surface area contributed by atoms with Crippen LogP contribution in [0.1, 0.15) is 46.0 Å². The first-order valence-corrected chi connectivity index (χ1v) is 14.6. The largest absolute Gasteiger partial charge is 0.481 e. The topological polar surface area (TPSA) is 42.2 Å². The van der Waals surface area contributed by atoms with E-state index in [2.05, 4.69) is 109 Å². The second kappa shape index (κ2) is 12.1. The number of aromatic nitrogens is 1. The Morgan fingerprint density at radius 1 is 0.872 bits per heavy atom.